The van der Waals surface area contributed by atoms with Crippen molar-refractivity contribution in [3.8, 4) is 0 Å². The van der Waals surface area contributed by atoms with Gasteiger partial charge in [-0.3, -0.25) is 0 Å². The van der Waals surface area contributed by atoms with E-state index in [4.69, 9.17) is 27.6 Å². The molecule has 0 aromatic carbocycles. The fraction of sp³-hybridized carbons (Fsp3) is 1.00. The summed E-state index contributed by atoms with van der Waals surface area (Å²) >= 11 is 10.5. The molecule has 0 aromatic rings. The van der Waals surface area contributed by atoms with Crippen LogP contribution in [-0.2, 0) is 4.65 Å². The zero-order chi connectivity index (χ0) is 6.41. The van der Waals surface area contributed by atoms with Crippen molar-refractivity contribution in [2.45, 2.75) is 19.8 Å². The van der Waals surface area contributed by atoms with E-state index >= 15 is 0 Å². The molecule has 8 heavy (non-hydrogen) atoms. The number of hydrogen-bond donors (Lipinski definition) is 0. The van der Waals surface area contributed by atoms with Crippen LogP contribution in [0.2, 0.25) is 0 Å². The summed E-state index contributed by atoms with van der Waals surface area (Å²) in [5.74, 6) is -0.651. The predicted molar refractivity (Wildman–Crippen MR) is 38.3 cm³/mol. The van der Waals surface area contributed by atoms with Crippen LogP contribution in [0.3, 0.4) is 0 Å². The van der Waals surface area contributed by atoms with E-state index in [-0.39, 0.29) is 0 Å². The van der Waals surface area contributed by atoms with Gasteiger partial charge in [-0.05, 0) is 6.42 Å². The van der Waals surface area contributed by atoms with Crippen LogP contribution in [0.15, 0.2) is 0 Å². The van der Waals surface area contributed by atoms with Crippen molar-refractivity contribution in [1.29, 1.82) is 0 Å². The molecule has 0 amide bonds. The highest BCUT2D eigenvalue weighted by molar-refractivity contribution is 7.30. The number of unbranched alkanes of at least 4 members (excludes halogenated alkanes) is 1. The van der Waals surface area contributed by atoms with Crippen LogP contribution >= 0.6 is 22.9 Å². The zero-order valence-corrected chi connectivity index (χ0v) is 6.37. The van der Waals surface area contributed by atoms with E-state index in [1.807, 2.05) is 0 Å². The second-order valence-corrected chi connectivity index (χ2v) is 2.50. The average molecular weight is 155 g/mol. The number of halogens is 2. The van der Waals surface area contributed by atoms with E-state index in [2.05, 4.69) is 6.92 Å². The Morgan fingerprint density at radius 1 is 1.50 bits per heavy atom. The van der Waals surface area contributed by atoms with Crippen molar-refractivity contribution >= 4 is 28.7 Å². The highest BCUT2D eigenvalue weighted by Gasteiger charge is 2.03. The lowest BCUT2D eigenvalue weighted by molar-refractivity contribution is 0.331. The third-order valence-corrected chi connectivity index (χ3v) is 0.994. The van der Waals surface area contributed by atoms with Gasteiger partial charge in [0.2, 0.25) is 0 Å². The van der Waals surface area contributed by atoms with E-state index in [1.165, 1.54) is 0 Å². The van der Waals surface area contributed by atoms with Crippen LogP contribution < -0.4 is 0 Å². The van der Waals surface area contributed by atoms with Crippen molar-refractivity contribution in [3.63, 3.8) is 0 Å². The van der Waals surface area contributed by atoms with Gasteiger partial charge in [-0.2, -0.15) is 0 Å². The van der Waals surface area contributed by atoms with E-state index in [0.717, 1.165) is 12.8 Å². The van der Waals surface area contributed by atoms with Gasteiger partial charge in [-0.15, -0.1) is 22.9 Å². The molecule has 0 unspecified atom stereocenters. The van der Waals surface area contributed by atoms with E-state index in [0.29, 0.717) is 6.61 Å². The molecule has 0 aliphatic heterocycles. The molecule has 0 aliphatic rings. The topological polar surface area (TPSA) is 9.23 Å². The van der Waals surface area contributed by atoms with Gasteiger partial charge in [0, 0.05) is 6.61 Å². The molecule has 0 N–H and O–H groups in total. The lowest BCUT2D eigenvalue weighted by atomic mass is 10.3. The Kier molecular flexibility index (Phi) is 6.17. The summed E-state index contributed by atoms with van der Waals surface area (Å²) in [4.78, 5) is 0. The second kappa shape index (κ2) is 5.74. The summed E-state index contributed by atoms with van der Waals surface area (Å²) in [7, 11) is 0. The summed E-state index contributed by atoms with van der Waals surface area (Å²) in [6.07, 6.45) is 2.14. The normalized spacial score (nSPS) is 9.38. The largest absolute Gasteiger partial charge is 0.508 e. The minimum atomic E-state index is -0.651. The quantitative estimate of drug-likeness (QED) is 0.446. The monoisotopic (exact) mass is 154 g/mol. The Hall–Kier alpha value is 0.605. The molecule has 0 spiro atoms. The Morgan fingerprint density at radius 3 is 2.50 bits per heavy atom. The number of hydrogen-bond acceptors (Lipinski definition) is 1. The van der Waals surface area contributed by atoms with Crippen LogP contribution in [0.4, 0.5) is 0 Å². The van der Waals surface area contributed by atoms with Gasteiger partial charge in [-0.25, -0.2) is 0 Å². The fourth-order valence-corrected chi connectivity index (χ4v) is 0.495. The highest BCUT2D eigenvalue weighted by Crippen LogP contribution is 1.98. The van der Waals surface area contributed by atoms with Gasteiger partial charge in [0.15, 0.2) is 0 Å². The molecule has 0 saturated carbocycles. The van der Waals surface area contributed by atoms with Crippen LogP contribution in [0.1, 0.15) is 19.8 Å². The van der Waals surface area contributed by atoms with Gasteiger partial charge in [0.25, 0.3) is 0 Å². The van der Waals surface area contributed by atoms with Gasteiger partial charge in [0.1, 0.15) is 0 Å². The Bertz CT molecular complexity index is 51.3. The molecular weight excluding hydrogens is 146 g/mol. The first kappa shape index (κ1) is 8.60. The molecule has 0 fully saturated rings. The summed E-state index contributed by atoms with van der Waals surface area (Å²) < 4.78 is 4.81. The van der Waals surface area contributed by atoms with Crippen LogP contribution in [0.5, 0.6) is 0 Å². The third-order valence-electron chi connectivity index (χ3n) is 0.742. The van der Waals surface area contributed by atoms with Gasteiger partial charge >= 0.3 is 5.75 Å². The van der Waals surface area contributed by atoms with Crippen molar-refractivity contribution in [1.82, 2.24) is 0 Å². The summed E-state index contributed by atoms with van der Waals surface area (Å²) in [5.41, 5.74) is 0. The standard InChI is InChI=1S/C4H9BCl2O/c1-2-3-4-8-5(6)7/h2-4H2,1H3. The molecule has 0 aliphatic carbocycles. The number of rotatable bonds is 4. The van der Waals surface area contributed by atoms with Crippen LogP contribution in [-0.4, -0.2) is 12.4 Å². The molecule has 48 valence electrons. The maximum atomic E-state index is 5.26. The minimum Gasteiger partial charge on any atom is -0.409 e. The maximum absolute atomic E-state index is 5.26. The molecular formula is C4H9BCl2O. The van der Waals surface area contributed by atoms with Crippen LogP contribution in [0, 0.1) is 0 Å². The van der Waals surface area contributed by atoms with Crippen LogP contribution in [0.25, 0.3) is 0 Å². The Balaban J connectivity index is 2.72. The molecule has 0 heterocycles. The summed E-state index contributed by atoms with van der Waals surface area (Å²) in [6, 6.07) is 0. The Morgan fingerprint density at radius 2 is 2.12 bits per heavy atom. The summed E-state index contributed by atoms with van der Waals surface area (Å²) in [5, 5.41) is 0. The maximum Gasteiger partial charge on any atom is 0.508 e. The van der Waals surface area contributed by atoms with Crippen molar-refractivity contribution in [2.24, 2.45) is 0 Å². The smallest absolute Gasteiger partial charge is 0.409 e. The van der Waals surface area contributed by atoms with Gasteiger partial charge in [0.05, 0.1) is 0 Å². The molecule has 0 saturated heterocycles. The minimum absolute atomic E-state index is 0.651. The van der Waals surface area contributed by atoms with E-state index in [9.17, 15) is 0 Å². The molecule has 0 rings (SSSR count). The predicted octanol–water partition coefficient (Wildman–Crippen LogP) is 2.27. The molecule has 0 bridgehead atoms. The first-order valence-corrected chi connectivity index (χ1v) is 3.54. The summed E-state index contributed by atoms with van der Waals surface area (Å²) in [6.45, 7) is 2.75. The lowest BCUT2D eigenvalue weighted by Gasteiger charge is -1.97. The average Bonchev–Trinajstić information content (AvgIpc) is 1.66. The zero-order valence-electron chi connectivity index (χ0n) is 4.86. The Labute approximate surface area is 60.2 Å². The van der Waals surface area contributed by atoms with E-state index in [1.54, 1.807) is 0 Å². The molecule has 0 radical (unpaired) electrons. The van der Waals surface area contributed by atoms with Crippen molar-refractivity contribution < 1.29 is 4.65 Å². The SMILES string of the molecule is CCCCOB(Cl)Cl. The first-order chi connectivity index (χ1) is 3.77. The lowest BCUT2D eigenvalue weighted by Crippen LogP contribution is -2.02. The molecule has 1 nitrogen and oxygen atoms in total. The fourth-order valence-electron chi connectivity index (χ4n) is 0.317. The van der Waals surface area contributed by atoms with Gasteiger partial charge < -0.3 is 4.65 Å². The van der Waals surface area contributed by atoms with E-state index < -0.39 is 5.75 Å². The van der Waals surface area contributed by atoms with Gasteiger partial charge in [-0.1, -0.05) is 13.3 Å². The second-order valence-electron chi connectivity index (χ2n) is 1.48. The molecule has 0 aromatic heterocycles. The molecule has 0 atom stereocenters. The highest BCUT2D eigenvalue weighted by atomic mass is 35.5. The van der Waals surface area contributed by atoms with Crippen molar-refractivity contribution in [2.75, 3.05) is 6.61 Å². The first-order valence-electron chi connectivity index (χ1n) is 2.67. The van der Waals surface area contributed by atoms with Crippen molar-refractivity contribution in [3.05, 3.63) is 0 Å². The molecule has 4 heteroatoms. The third kappa shape index (κ3) is 6.60.